The summed E-state index contributed by atoms with van der Waals surface area (Å²) in [6, 6.07) is 10.8. The Bertz CT molecular complexity index is 485. The summed E-state index contributed by atoms with van der Waals surface area (Å²) in [7, 11) is -5.84. The standard InChI is InChI=1S/C14H22.CHF3O3S/c1-2-3-4-5-6-8-11-14-12-9-7-10-13-14;2-1(3,4)8(5,6)7/h7,9-10,12-13H,2-6,8,11H2,1H3;(H,5,6,7). The van der Waals surface area contributed by atoms with Crippen molar-refractivity contribution < 1.29 is 26.1 Å². The monoisotopic (exact) mass is 340 g/mol. The molecule has 0 aliphatic rings. The smallest absolute Gasteiger partial charge is 0.279 e. The van der Waals surface area contributed by atoms with Gasteiger partial charge in [-0.3, -0.25) is 4.55 Å². The van der Waals surface area contributed by atoms with Crippen molar-refractivity contribution in [3.63, 3.8) is 0 Å². The first kappa shape index (κ1) is 20.9. The highest BCUT2D eigenvalue weighted by Crippen LogP contribution is 2.20. The molecule has 7 heteroatoms. The van der Waals surface area contributed by atoms with E-state index in [-0.39, 0.29) is 0 Å². The summed E-state index contributed by atoms with van der Waals surface area (Å²) in [5.74, 6) is 0. The van der Waals surface area contributed by atoms with E-state index in [1.54, 1.807) is 0 Å². The highest BCUT2D eigenvalue weighted by molar-refractivity contribution is 7.86. The quantitative estimate of drug-likeness (QED) is 0.432. The van der Waals surface area contributed by atoms with Crippen LogP contribution in [0.4, 0.5) is 13.2 Å². The van der Waals surface area contributed by atoms with Gasteiger partial charge in [-0.05, 0) is 18.4 Å². The minimum atomic E-state index is -5.84. The lowest BCUT2D eigenvalue weighted by molar-refractivity contribution is -0.0510. The molecule has 0 radical (unpaired) electrons. The number of hydrogen-bond acceptors (Lipinski definition) is 2. The number of halogens is 3. The minimum Gasteiger partial charge on any atom is -0.279 e. The molecular formula is C15H23F3O3S. The van der Waals surface area contributed by atoms with Crippen LogP contribution in [0, 0.1) is 0 Å². The van der Waals surface area contributed by atoms with Crippen molar-refractivity contribution in [2.45, 2.75) is 57.4 Å². The third-order valence-corrected chi connectivity index (χ3v) is 3.54. The average Bonchev–Trinajstić information content (AvgIpc) is 2.42. The van der Waals surface area contributed by atoms with E-state index in [1.807, 2.05) is 0 Å². The van der Waals surface area contributed by atoms with Gasteiger partial charge in [0.05, 0.1) is 0 Å². The van der Waals surface area contributed by atoms with Crippen LogP contribution in [-0.4, -0.2) is 18.5 Å². The molecule has 0 aliphatic carbocycles. The van der Waals surface area contributed by atoms with E-state index in [1.165, 1.54) is 50.5 Å². The second-order valence-electron chi connectivity index (χ2n) is 4.92. The molecular weight excluding hydrogens is 317 g/mol. The van der Waals surface area contributed by atoms with Gasteiger partial charge >= 0.3 is 15.6 Å². The number of unbranched alkanes of at least 4 members (excludes halogenated alkanes) is 5. The lowest BCUT2D eigenvalue weighted by Crippen LogP contribution is -2.21. The van der Waals surface area contributed by atoms with E-state index in [4.69, 9.17) is 13.0 Å². The molecule has 0 unspecified atom stereocenters. The first-order valence-electron chi connectivity index (χ1n) is 7.26. The molecule has 0 heterocycles. The summed E-state index contributed by atoms with van der Waals surface area (Å²) in [5, 5.41) is 0. The van der Waals surface area contributed by atoms with Gasteiger partial charge < -0.3 is 0 Å². The fourth-order valence-electron chi connectivity index (χ4n) is 1.75. The van der Waals surface area contributed by atoms with Gasteiger partial charge in [0, 0.05) is 0 Å². The molecule has 0 amide bonds. The topological polar surface area (TPSA) is 54.4 Å². The van der Waals surface area contributed by atoms with Crippen molar-refractivity contribution >= 4 is 10.1 Å². The Morgan fingerprint density at radius 1 is 0.955 bits per heavy atom. The maximum Gasteiger partial charge on any atom is 0.522 e. The number of hydrogen-bond donors (Lipinski definition) is 1. The normalized spacial score (nSPS) is 11.7. The zero-order chi connectivity index (χ0) is 17.1. The van der Waals surface area contributed by atoms with Crippen LogP contribution in [0.1, 0.15) is 51.0 Å². The molecule has 1 rings (SSSR count). The molecule has 1 aromatic carbocycles. The maximum absolute atomic E-state index is 10.7. The van der Waals surface area contributed by atoms with Crippen LogP contribution in [0.5, 0.6) is 0 Å². The molecule has 1 aromatic rings. The Morgan fingerprint density at radius 2 is 1.41 bits per heavy atom. The van der Waals surface area contributed by atoms with Crippen LogP contribution in [0.25, 0.3) is 0 Å². The molecule has 0 fully saturated rings. The molecule has 1 N–H and O–H groups in total. The van der Waals surface area contributed by atoms with Crippen LogP contribution in [0.15, 0.2) is 30.3 Å². The van der Waals surface area contributed by atoms with Gasteiger partial charge in [0.15, 0.2) is 0 Å². The van der Waals surface area contributed by atoms with Gasteiger partial charge in [0.1, 0.15) is 0 Å². The molecule has 0 atom stereocenters. The highest BCUT2D eigenvalue weighted by atomic mass is 32.2. The van der Waals surface area contributed by atoms with Crippen LogP contribution in [-0.2, 0) is 16.5 Å². The summed E-state index contributed by atoms with van der Waals surface area (Å²) < 4.78 is 57.5. The summed E-state index contributed by atoms with van der Waals surface area (Å²) in [6.45, 7) is 2.27. The van der Waals surface area contributed by atoms with Crippen molar-refractivity contribution in [2.24, 2.45) is 0 Å². The van der Waals surface area contributed by atoms with Gasteiger partial charge in [-0.2, -0.15) is 21.6 Å². The van der Waals surface area contributed by atoms with Crippen LogP contribution < -0.4 is 0 Å². The molecule has 0 aliphatic heterocycles. The Hall–Kier alpha value is -1.08. The maximum atomic E-state index is 10.7. The summed E-state index contributed by atoms with van der Waals surface area (Å²) in [5.41, 5.74) is -4.05. The number of benzene rings is 1. The lowest BCUT2D eigenvalue weighted by atomic mass is 10.1. The zero-order valence-electron chi connectivity index (χ0n) is 12.6. The van der Waals surface area contributed by atoms with Crippen LogP contribution in [0.2, 0.25) is 0 Å². The first-order chi connectivity index (χ1) is 10.2. The molecule has 0 saturated carbocycles. The second-order valence-corrected chi connectivity index (χ2v) is 6.34. The molecule has 0 aromatic heterocycles. The van der Waals surface area contributed by atoms with Crippen molar-refractivity contribution in [1.82, 2.24) is 0 Å². The van der Waals surface area contributed by atoms with Crippen LogP contribution >= 0.6 is 0 Å². The van der Waals surface area contributed by atoms with Gasteiger partial charge in [-0.15, -0.1) is 0 Å². The van der Waals surface area contributed by atoms with E-state index in [2.05, 4.69) is 37.3 Å². The second kappa shape index (κ2) is 10.6. The minimum absolute atomic E-state index is 1.26. The number of aryl methyl sites for hydroxylation is 1. The molecule has 0 spiro atoms. The predicted octanol–water partition coefficient (Wildman–Crippen LogP) is 4.98. The Labute approximate surface area is 130 Å². The van der Waals surface area contributed by atoms with E-state index in [9.17, 15) is 13.2 Å². The lowest BCUT2D eigenvalue weighted by Gasteiger charge is -2.01. The summed E-state index contributed by atoms with van der Waals surface area (Å²) >= 11 is 0. The van der Waals surface area contributed by atoms with Crippen molar-refractivity contribution in [3.05, 3.63) is 35.9 Å². The number of rotatable bonds is 7. The predicted molar refractivity (Wildman–Crippen MR) is 81.1 cm³/mol. The molecule has 22 heavy (non-hydrogen) atoms. The Kier molecular flexibility index (Phi) is 10.1. The van der Waals surface area contributed by atoms with Crippen molar-refractivity contribution in [2.75, 3.05) is 0 Å². The average molecular weight is 340 g/mol. The zero-order valence-corrected chi connectivity index (χ0v) is 13.5. The van der Waals surface area contributed by atoms with Crippen molar-refractivity contribution in [3.8, 4) is 0 Å². The van der Waals surface area contributed by atoms with Gasteiger partial charge in [-0.1, -0.05) is 69.4 Å². The molecule has 0 bridgehead atoms. The van der Waals surface area contributed by atoms with E-state index < -0.39 is 15.6 Å². The molecule has 128 valence electrons. The van der Waals surface area contributed by atoms with Crippen LogP contribution in [0.3, 0.4) is 0 Å². The Balaban J connectivity index is 0.000000472. The van der Waals surface area contributed by atoms with E-state index >= 15 is 0 Å². The molecule has 3 nitrogen and oxygen atoms in total. The third-order valence-electron chi connectivity index (χ3n) is 2.95. The Morgan fingerprint density at radius 3 is 1.86 bits per heavy atom. The van der Waals surface area contributed by atoms with Crippen molar-refractivity contribution in [1.29, 1.82) is 0 Å². The van der Waals surface area contributed by atoms with Gasteiger partial charge in [0.25, 0.3) is 0 Å². The highest BCUT2D eigenvalue weighted by Gasteiger charge is 2.44. The fourth-order valence-corrected chi connectivity index (χ4v) is 1.75. The third kappa shape index (κ3) is 10.6. The first-order valence-corrected chi connectivity index (χ1v) is 8.70. The molecule has 0 saturated heterocycles. The fraction of sp³-hybridized carbons (Fsp3) is 0.600. The van der Waals surface area contributed by atoms with Gasteiger partial charge in [-0.25, -0.2) is 0 Å². The van der Waals surface area contributed by atoms with E-state index in [0.29, 0.717) is 0 Å². The largest absolute Gasteiger partial charge is 0.522 e. The summed E-state index contributed by atoms with van der Waals surface area (Å²) in [4.78, 5) is 0. The van der Waals surface area contributed by atoms with E-state index in [0.717, 1.165) is 0 Å². The number of alkyl halides is 3. The SMILES string of the molecule is CCCCCCCCc1ccccc1.O=S(=O)(O)C(F)(F)F. The van der Waals surface area contributed by atoms with Gasteiger partial charge in [0.2, 0.25) is 0 Å². The summed E-state index contributed by atoms with van der Waals surface area (Å²) in [6.07, 6.45) is 9.60.